The van der Waals surface area contributed by atoms with Crippen LogP contribution in [0.5, 0.6) is 0 Å². The van der Waals surface area contributed by atoms with Crippen molar-refractivity contribution in [2.24, 2.45) is 5.73 Å². The van der Waals surface area contributed by atoms with Crippen LogP contribution in [-0.4, -0.2) is 11.5 Å². The van der Waals surface area contributed by atoms with Crippen LogP contribution in [0.3, 0.4) is 0 Å². The molecule has 0 saturated heterocycles. The van der Waals surface area contributed by atoms with Gasteiger partial charge < -0.3 is 11.1 Å². The van der Waals surface area contributed by atoms with Crippen LogP contribution in [0.25, 0.3) is 10.9 Å². The third kappa shape index (κ3) is 2.95. The van der Waals surface area contributed by atoms with Crippen LogP contribution in [-0.2, 0) is 0 Å². The van der Waals surface area contributed by atoms with Crippen molar-refractivity contribution in [1.29, 1.82) is 0 Å². The standard InChI is InChI=1S/C16H16BrN3S/c1-10-5-6-21-16(10)14(8-18)20-13-4-2-3-11-7-12(17)9-19-15(11)13/h2-7,9,14,20H,8,18H2,1H3. The largest absolute Gasteiger partial charge is 0.374 e. The number of nitrogens with zero attached hydrogens (tertiary/aromatic N) is 1. The monoisotopic (exact) mass is 361 g/mol. The number of benzene rings is 1. The number of thiophene rings is 1. The Morgan fingerprint density at radius 2 is 2.24 bits per heavy atom. The highest BCUT2D eigenvalue weighted by Crippen LogP contribution is 2.30. The molecular weight excluding hydrogens is 346 g/mol. The van der Waals surface area contributed by atoms with Crippen LogP contribution < -0.4 is 11.1 Å². The zero-order valence-corrected chi connectivity index (χ0v) is 14.0. The third-order valence-electron chi connectivity index (χ3n) is 3.46. The van der Waals surface area contributed by atoms with Crippen LogP contribution in [0.1, 0.15) is 16.5 Å². The maximum absolute atomic E-state index is 5.97. The first-order chi connectivity index (χ1) is 10.2. The summed E-state index contributed by atoms with van der Waals surface area (Å²) >= 11 is 5.20. The van der Waals surface area contributed by atoms with Gasteiger partial charge in [0.2, 0.25) is 0 Å². The molecule has 1 aromatic carbocycles. The quantitative estimate of drug-likeness (QED) is 0.720. The molecule has 3 nitrogen and oxygen atoms in total. The molecule has 0 aliphatic carbocycles. The first-order valence-corrected chi connectivity index (χ1v) is 8.41. The molecule has 0 spiro atoms. The van der Waals surface area contributed by atoms with E-state index in [0.717, 1.165) is 21.1 Å². The van der Waals surface area contributed by atoms with E-state index in [1.165, 1.54) is 10.4 Å². The van der Waals surface area contributed by atoms with Gasteiger partial charge in [-0.25, -0.2) is 0 Å². The molecule has 0 radical (unpaired) electrons. The van der Waals surface area contributed by atoms with Crippen LogP contribution in [0, 0.1) is 6.92 Å². The number of hydrogen-bond acceptors (Lipinski definition) is 4. The summed E-state index contributed by atoms with van der Waals surface area (Å²) in [6.45, 7) is 2.67. The van der Waals surface area contributed by atoms with Crippen molar-refractivity contribution < 1.29 is 0 Å². The molecule has 0 amide bonds. The molecule has 0 bridgehead atoms. The fourth-order valence-electron chi connectivity index (χ4n) is 2.41. The van der Waals surface area contributed by atoms with Gasteiger partial charge in [-0.15, -0.1) is 11.3 Å². The van der Waals surface area contributed by atoms with Crippen LogP contribution in [0.15, 0.2) is 46.4 Å². The molecule has 5 heteroatoms. The Morgan fingerprint density at radius 3 is 2.95 bits per heavy atom. The van der Waals surface area contributed by atoms with Gasteiger partial charge in [-0.2, -0.15) is 0 Å². The highest BCUT2D eigenvalue weighted by Gasteiger charge is 2.15. The lowest BCUT2D eigenvalue weighted by molar-refractivity contribution is 0.801. The maximum atomic E-state index is 5.97. The minimum atomic E-state index is 0.112. The van der Waals surface area contributed by atoms with E-state index < -0.39 is 0 Å². The third-order valence-corrected chi connectivity index (χ3v) is 5.03. The number of para-hydroxylation sites is 1. The van der Waals surface area contributed by atoms with Crippen molar-refractivity contribution in [3.63, 3.8) is 0 Å². The predicted octanol–water partition coefficient (Wildman–Crippen LogP) is 4.48. The molecule has 2 heterocycles. The van der Waals surface area contributed by atoms with E-state index >= 15 is 0 Å². The number of aryl methyl sites for hydroxylation is 1. The van der Waals surface area contributed by atoms with Gasteiger partial charge in [0.15, 0.2) is 0 Å². The second kappa shape index (κ2) is 6.13. The van der Waals surface area contributed by atoms with Gasteiger partial charge in [0.1, 0.15) is 0 Å². The molecule has 3 rings (SSSR count). The summed E-state index contributed by atoms with van der Waals surface area (Å²) in [7, 11) is 0. The molecule has 3 aromatic rings. The Hall–Kier alpha value is -1.43. The average Bonchev–Trinajstić information content (AvgIpc) is 2.90. The normalized spacial score (nSPS) is 12.5. The van der Waals surface area contributed by atoms with E-state index in [2.05, 4.69) is 62.8 Å². The summed E-state index contributed by atoms with van der Waals surface area (Å²) in [5, 5.41) is 6.75. The van der Waals surface area contributed by atoms with Gasteiger partial charge in [0, 0.05) is 27.5 Å². The number of nitrogens with one attached hydrogen (secondary N) is 1. The lowest BCUT2D eigenvalue weighted by Crippen LogP contribution is -2.20. The first-order valence-electron chi connectivity index (χ1n) is 6.74. The summed E-state index contributed by atoms with van der Waals surface area (Å²) in [4.78, 5) is 5.81. The molecular formula is C16H16BrN3S. The van der Waals surface area contributed by atoms with Gasteiger partial charge in [-0.3, -0.25) is 4.98 Å². The Labute approximate surface area is 136 Å². The number of nitrogens with two attached hydrogens (primary N) is 1. The molecule has 0 fully saturated rings. The first kappa shape index (κ1) is 14.5. The summed E-state index contributed by atoms with van der Waals surface area (Å²) < 4.78 is 0.983. The van der Waals surface area contributed by atoms with E-state index in [0.29, 0.717) is 6.54 Å². The summed E-state index contributed by atoms with van der Waals surface area (Å²) in [6, 6.07) is 10.5. The fraction of sp³-hybridized carbons (Fsp3) is 0.188. The van der Waals surface area contributed by atoms with E-state index in [4.69, 9.17) is 5.73 Å². The fourth-order valence-corrected chi connectivity index (χ4v) is 3.75. The molecule has 2 aromatic heterocycles. The lowest BCUT2D eigenvalue weighted by atomic mass is 10.1. The number of rotatable bonds is 4. The number of pyridine rings is 1. The van der Waals surface area contributed by atoms with E-state index in [-0.39, 0.29) is 6.04 Å². The van der Waals surface area contributed by atoms with Crippen molar-refractivity contribution in [1.82, 2.24) is 4.98 Å². The molecule has 1 unspecified atom stereocenters. The Morgan fingerprint density at radius 1 is 1.38 bits per heavy atom. The topological polar surface area (TPSA) is 50.9 Å². The van der Waals surface area contributed by atoms with Crippen LogP contribution in [0.2, 0.25) is 0 Å². The number of halogens is 1. The molecule has 108 valence electrons. The van der Waals surface area contributed by atoms with Crippen molar-refractivity contribution in [3.05, 3.63) is 56.8 Å². The molecule has 21 heavy (non-hydrogen) atoms. The Kier molecular flexibility index (Phi) is 4.24. The average molecular weight is 362 g/mol. The SMILES string of the molecule is Cc1ccsc1C(CN)Nc1cccc2cc(Br)cnc12. The van der Waals surface area contributed by atoms with Gasteiger partial charge >= 0.3 is 0 Å². The number of anilines is 1. The smallest absolute Gasteiger partial charge is 0.0934 e. The van der Waals surface area contributed by atoms with Crippen LogP contribution in [0.4, 0.5) is 5.69 Å². The predicted molar refractivity (Wildman–Crippen MR) is 93.9 cm³/mol. The molecule has 0 aliphatic heterocycles. The minimum absolute atomic E-state index is 0.112. The van der Waals surface area contributed by atoms with Crippen molar-refractivity contribution in [3.8, 4) is 0 Å². The lowest BCUT2D eigenvalue weighted by Gasteiger charge is -2.19. The second-order valence-corrected chi connectivity index (χ2v) is 6.79. The van der Waals surface area contributed by atoms with Gasteiger partial charge in [-0.1, -0.05) is 12.1 Å². The number of aromatic nitrogens is 1. The summed E-state index contributed by atoms with van der Waals surface area (Å²) in [5.74, 6) is 0. The van der Waals surface area contributed by atoms with Crippen molar-refractivity contribution >= 4 is 43.9 Å². The zero-order valence-electron chi connectivity index (χ0n) is 11.6. The van der Waals surface area contributed by atoms with E-state index in [1.54, 1.807) is 11.3 Å². The van der Waals surface area contributed by atoms with Crippen molar-refractivity contribution in [2.75, 3.05) is 11.9 Å². The molecule has 3 N–H and O–H groups in total. The number of hydrogen-bond donors (Lipinski definition) is 2. The van der Waals surface area contributed by atoms with Gasteiger partial charge in [0.05, 0.1) is 17.2 Å². The molecule has 0 aliphatic rings. The highest BCUT2D eigenvalue weighted by atomic mass is 79.9. The Bertz CT molecular complexity index is 769. The Balaban J connectivity index is 1.99. The molecule has 0 saturated carbocycles. The summed E-state index contributed by atoms with van der Waals surface area (Å²) in [6.07, 6.45) is 1.82. The van der Waals surface area contributed by atoms with Gasteiger partial charge in [-0.05, 0) is 52.0 Å². The summed E-state index contributed by atoms with van der Waals surface area (Å²) in [5.41, 5.74) is 9.22. The van der Waals surface area contributed by atoms with E-state index in [1.807, 2.05) is 12.3 Å². The minimum Gasteiger partial charge on any atom is -0.374 e. The van der Waals surface area contributed by atoms with Crippen molar-refractivity contribution in [2.45, 2.75) is 13.0 Å². The number of fused-ring (bicyclic) bond motifs is 1. The van der Waals surface area contributed by atoms with Crippen LogP contribution >= 0.6 is 27.3 Å². The highest BCUT2D eigenvalue weighted by molar-refractivity contribution is 9.10. The second-order valence-electron chi connectivity index (χ2n) is 4.93. The zero-order chi connectivity index (χ0) is 14.8. The van der Waals surface area contributed by atoms with Gasteiger partial charge in [0.25, 0.3) is 0 Å². The van der Waals surface area contributed by atoms with E-state index in [9.17, 15) is 0 Å². The molecule has 1 atom stereocenters. The maximum Gasteiger partial charge on any atom is 0.0934 e.